The molecule has 1 aromatic rings. The van der Waals surface area contributed by atoms with Crippen LogP contribution in [0.25, 0.3) is 0 Å². The number of hydrogen-bond donors (Lipinski definition) is 1. The second-order valence-corrected chi connectivity index (χ2v) is 7.80. The molecule has 1 aromatic carbocycles. The average Bonchev–Trinajstić information content (AvgIpc) is 3.34. The van der Waals surface area contributed by atoms with Crippen molar-refractivity contribution in [3.63, 3.8) is 0 Å². The Morgan fingerprint density at radius 3 is 2.71 bits per heavy atom. The number of amides is 4. The van der Waals surface area contributed by atoms with Crippen LogP contribution in [0.1, 0.15) is 50.3 Å². The molecule has 4 rings (SSSR count). The van der Waals surface area contributed by atoms with Crippen molar-refractivity contribution in [2.45, 2.75) is 19.3 Å². The number of likely N-dealkylation sites (tertiary alicyclic amines) is 1. The van der Waals surface area contributed by atoms with Crippen molar-refractivity contribution in [2.75, 3.05) is 39.9 Å². The molecular formula is C20H23N3O5. The molecule has 8 nitrogen and oxygen atoms in total. The fourth-order valence-electron chi connectivity index (χ4n) is 4.33. The van der Waals surface area contributed by atoms with Crippen LogP contribution in [0.15, 0.2) is 18.2 Å². The van der Waals surface area contributed by atoms with Crippen molar-refractivity contribution < 1.29 is 23.9 Å². The number of fused-ring (bicyclic) bond motifs is 1. The fourth-order valence-corrected chi connectivity index (χ4v) is 4.33. The Morgan fingerprint density at radius 2 is 2.00 bits per heavy atom. The highest BCUT2D eigenvalue weighted by molar-refractivity contribution is 6.22. The Labute approximate surface area is 162 Å². The molecule has 2 fully saturated rings. The lowest BCUT2D eigenvalue weighted by Crippen LogP contribution is -2.33. The van der Waals surface area contributed by atoms with Crippen LogP contribution in [0.5, 0.6) is 0 Å². The molecule has 148 valence electrons. The van der Waals surface area contributed by atoms with Gasteiger partial charge in [0.25, 0.3) is 17.7 Å². The summed E-state index contributed by atoms with van der Waals surface area (Å²) in [5, 5.41) is 2.85. The maximum absolute atomic E-state index is 12.9. The molecule has 0 radical (unpaired) electrons. The molecule has 1 N–H and O–H groups in total. The monoisotopic (exact) mass is 385 g/mol. The highest BCUT2D eigenvalue weighted by Gasteiger charge is 2.45. The van der Waals surface area contributed by atoms with Gasteiger partial charge in [0.1, 0.15) is 0 Å². The van der Waals surface area contributed by atoms with E-state index in [2.05, 4.69) is 5.32 Å². The summed E-state index contributed by atoms with van der Waals surface area (Å²) in [4.78, 5) is 52.6. The maximum atomic E-state index is 12.9. The van der Waals surface area contributed by atoms with Crippen LogP contribution in [-0.2, 0) is 9.53 Å². The summed E-state index contributed by atoms with van der Waals surface area (Å²) < 4.78 is 4.98. The zero-order chi connectivity index (χ0) is 19.9. The molecule has 0 saturated carbocycles. The molecule has 28 heavy (non-hydrogen) atoms. The maximum Gasteiger partial charge on any atom is 0.261 e. The lowest BCUT2D eigenvalue weighted by molar-refractivity contribution is -0.119. The van der Waals surface area contributed by atoms with Crippen molar-refractivity contribution >= 4 is 23.6 Å². The topological polar surface area (TPSA) is 96.0 Å². The first kappa shape index (κ1) is 18.6. The van der Waals surface area contributed by atoms with Gasteiger partial charge in [-0.1, -0.05) is 0 Å². The summed E-state index contributed by atoms with van der Waals surface area (Å²) >= 11 is 0. The van der Waals surface area contributed by atoms with Crippen LogP contribution in [0.3, 0.4) is 0 Å². The van der Waals surface area contributed by atoms with Crippen molar-refractivity contribution in [2.24, 2.45) is 5.41 Å². The van der Waals surface area contributed by atoms with Crippen molar-refractivity contribution in [3.8, 4) is 0 Å². The number of carbonyl (C=O) groups excluding carboxylic acids is 4. The zero-order valence-electron chi connectivity index (χ0n) is 15.8. The number of ether oxygens (including phenoxy) is 1. The van der Waals surface area contributed by atoms with Crippen LogP contribution >= 0.6 is 0 Å². The van der Waals surface area contributed by atoms with E-state index in [9.17, 15) is 19.2 Å². The van der Waals surface area contributed by atoms with E-state index in [4.69, 9.17) is 4.74 Å². The van der Waals surface area contributed by atoms with Gasteiger partial charge in [-0.25, -0.2) is 0 Å². The number of nitrogens with zero attached hydrogens (tertiary/aromatic N) is 2. The van der Waals surface area contributed by atoms with E-state index in [1.807, 2.05) is 0 Å². The molecule has 8 heteroatoms. The number of methoxy groups -OCH3 is 1. The number of carbonyl (C=O) groups is 4. The van der Waals surface area contributed by atoms with Crippen LogP contribution in [0.4, 0.5) is 0 Å². The molecule has 1 unspecified atom stereocenters. The largest absolute Gasteiger partial charge is 0.385 e. The van der Waals surface area contributed by atoms with E-state index >= 15 is 0 Å². The normalized spacial score (nSPS) is 23.7. The highest BCUT2D eigenvalue weighted by atomic mass is 16.5. The molecule has 3 aliphatic heterocycles. The van der Waals surface area contributed by atoms with Gasteiger partial charge < -0.3 is 15.0 Å². The van der Waals surface area contributed by atoms with Crippen molar-refractivity contribution in [1.29, 1.82) is 0 Å². The number of rotatable bonds is 5. The van der Waals surface area contributed by atoms with Gasteiger partial charge in [0, 0.05) is 57.3 Å². The summed E-state index contributed by atoms with van der Waals surface area (Å²) in [6.07, 6.45) is 1.80. The smallest absolute Gasteiger partial charge is 0.261 e. The van der Waals surface area contributed by atoms with Gasteiger partial charge in [-0.05, 0) is 31.0 Å². The predicted molar refractivity (Wildman–Crippen MR) is 98.9 cm³/mol. The van der Waals surface area contributed by atoms with E-state index < -0.39 is 0 Å². The minimum Gasteiger partial charge on any atom is -0.385 e. The third kappa shape index (κ3) is 3.07. The molecule has 0 bridgehead atoms. The second-order valence-electron chi connectivity index (χ2n) is 7.80. The number of imide groups is 1. The molecule has 1 atom stereocenters. The Hall–Kier alpha value is -2.74. The lowest BCUT2D eigenvalue weighted by Gasteiger charge is -2.22. The molecule has 1 spiro atoms. The Bertz CT molecular complexity index is 867. The lowest BCUT2D eigenvalue weighted by atomic mass is 9.86. The standard InChI is InChI=1S/C20H23N3O5/c1-28-8-2-6-23-18(26)14-4-3-13(9-15(14)19(23)27)17(25)22-7-5-20(12-22)10-16(24)21-11-20/h3-4,9H,2,5-8,10-12H2,1H3,(H,21,24). The van der Waals surface area contributed by atoms with Crippen LogP contribution in [0.2, 0.25) is 0 Å². The first-order valence-electron chi connectivity index (χ1n) is 9.49. The fraction of sp³-hybridized carbons (Fsp3) is 0.500. The molecule has 0 aromatic heterocycles. The second kappa shape index (κ2) is 7.01. The van der Waals surface area contributed by atoms with Crippen LogP contribution in [0, 0.1) is 5.41 Å². The van der Waals surface area contributed by atoms with Crippen LogP contribution in [-0.4, -0.2) is 73.3 Å². The molecule has 0 aliphatic carbocycles. The minimum atomic E-state index is -0.366. The van der Waals surface area contributed by atoms with E-state index in [0.29, 0.717) is 56.8 Å². The Morgan fingerprint density at radius 1 is 1.21 bits per heavy atom. The summed E-state index contributed by atoms with van der Waals surface area (Å²) in [6.45, 7) is 2.46. The summed E-state index contributed by atoms with van der Waals surface area (Å²) in [5.41, 5.74) is 0.836. The first-order valence-corrected chi connectivity index (χ1v) is 9.49. The number of hydrogen-bond acceptors (Lipinski definition) is 5. The van der Waals surface area contributed by atoms with Crippen LogP contribution < -0.4 is 5.32 Å². The SMILES string of the molecule is COCCCN1C(=O)c2ccc(C(=O)N3CCC4(CNC(=O)C4)C3)cc2C1=O. The predicted octanol–water partition coefficient (Wildman–Crippen LogP) is 0.671. The third-order valence-electron chi connectivity index (χ3n) is 5.87. The number of benzene rings is 1. The molecule has 3 aliphatic rings. The molecule has 2 saturated heterocycles. The van der Waals surface area contributed by atoms with Gasteiger partial charge in [-0.15, -0.1) is 0 Å². The highest BCUT2D eigenvalue weighted by Crippen LogP contribution is 2.37. The van der Waals surface area contributed by atoms with Gasteiger partial charge in [-0.3, -0.25) is 24.1 Å². The van der Waals surface area contributed by atoms with Crippen molar-refractivity contribution in [3.05, 3.63) is 34.9 Å². The van der Waals surface area contributed by atoms with E-state index in [1.54, 1.807) is 24.1 Å². The van der Waals surface area contributed by atoms with Crippen molar-refractivity contribution in [1.82, 2.24) is 15.1 Å². The molecule has 4 amide bonds. The van der Waals surface area contributed by atoms with Gasteiger partial charge in [0.2, 0.25) is 5.91 Å². The third-order valence-corrected chi connectivity index (χ3v) is 5.87. The van der Waals surface area contributed by atoms with Gasteiger partial charge in [0.15, 0.2) is 0 Å². The summed E-state index contributed by atoms with van der Waals surface area (Å²) in [7, 11) is 1.57. The van der Waals surface area contributed by atoms with E-state index in [-0.39, 0.29) is 34.6 Å². The van der Waals surface area contributed by atoms with Gasteiger partial charge in [-0.2, -0.15) is 0 Å². The Kier molecular flexibility index (Phi) is 4.66. The minimum absolute atomic E-state index is 0.0319. The molecule has 3 heterocycles. The Balaban J connectivity index is 1.50. The summed E-state index contributed by atoms with van der Waals surface area (Å²) in [6, 6.07) is 4.69. The zero-order valence-corrected chi connectivity index (χ0v) is 15.8. The average molecular weight is 385 g/mol. The number of nitrogens with one attached hydrogen (secondary N) is 1. The van der Waals surface area contributed by atoms with E-state index in [1.165, 1.54) is 11.0 Å². The van der Waals surface area contributed by atoms with Gasteiger partial charge >= 0.3 is 0 Å². The quantitative estimate of drug-likeness (QED) is 0.594. The first-order chi connectivity index (χ1) is 13.4. The molecular weight excluding hydrogens is 362 g/mol. The summed E-state index contributed by atoms with van der Waals surface area (Å²) in [5.74, 6) is -0.832. The van der Waals surface area contributed by atoms with Gasteiger partial charge in [0.05, 0.1) is 11.1 Å². The van der Waals surface area contributed by atoms with E-state index in [0.717, 1.165) is 6.42 Å².